The van der Waals surface area contributed by atoms with Gasteiger partial charge in [0.15, 0.2) is 5.58 Å². The maximum atomic E-state index is 10.9. The smallest absolute Gasteiger partial charge is 0.272 e. The number of non-ortho nitro benzene ring substituents is 1. The maximum Gasteiger partial charge on any atom is 0.272 e. The van der Waals surface area contributed by atoms with Crippen molar-refractivity contribution in [1.82, 2.24) is 4.98 Å². The van der Waals surface area contributed by atoms with Gasteiger partial charge in [0.25, 0.3) is 5.69 Å². The highest BCUT2D eigenvalue weighted by atomic mass is 16.6. The molecule has 0 bridgehead atoms. The van der Waals surface area contributed by atoms with E-state index in [2.05, 4.69) is 4.98 Å². The van der Waals surface area contributed by atoms with Crippen LogP contribution in [0.25, 0.3) is 22.6 Å². The van der Waals surface area contributed by atoms with Gasteiger partial charge in [-0.1, -0.05) is 12.1 Å². The molecule has 0 atom stereocenters. The maximum absolute atomic E-state index is 10.9. The average Bonchev–Trinajstić information content (AvgIpc) is 2.91. The van der Waals surface area contributed by atoms with Crippen LogP contribution in [0, 0.1) is 17.0 Å². The van der Waals surface area contributed by atoms with E-state index in [0.717, 1.165) is 0 Å². The number of methoxy groups -OCH3 is 1. The molecule has 0 radical (unpaired) electrons. The van der Waals surface area contributed by atoms with E-state index in [0.29, 0.717) is 33.9 Å². The van der Waals surface area contributed by atoms with E-state index in [4.69, 9.17) is 9.15 Å². The summed E-state index contributed by atoms with van der Waals surface area (Å²) in [6.07, 6.45) is 0. The number of benzene rings is 2. The molecular formula is C15H12N2O4. The minimum absolute atomic E-state index is 0.000114. The minimum atomic E-state index is -0.441. The van der Waals surface area contributed by atoms with Gasteiger partial charge in [-0.2, -0.15) is 0 Å². The fourth-order valence-electron chi connectivity index (χ4n) is 2.22. The molecular weight excluding hydrogens is 272 g/mol. The Labute approximate surface area is 120 Å². The van der Waals surface area contributed by atoms with E-state index in [1.165, 1.54) is 12.1 Å². The molecule has 21 heavy (non-hydrogen) atoms. The zero-order chi connectivity index (χ0) is 15.0. The van der Waals surface area contributed by atoms with E-state index in [9.17, 15) is 10.1 Å². The van der Waals surface area contributed by atoms with Crippen molar-refractivity contribution in [3.8, 4) is 17.2 Å². The molecule has 0 unspecified atom stereocenters. The second-order valence-electron chi connectivity index (χ2n) is 4.59. The highest BCUT2D eigenvalue weighted by Gasteiger charge is 2.17. The van der Waals surface area contributed by atoms with Crippen LogP contribution < -0.4 is 4.74 Å². The lowest BCUT2D eigenvalue weighted by molar-refractivity contribution is -0.384. The summed E-state index contributed by atoms with van der Waals surface area (Å²) in [7, 11) is 1.57. The molecule has 6 heteroatoms. The molecule has 0 saturated carbocycles. The summed E-state index contributed by atoms with van der Waals surface area (Å²) in [6, 6.07) is 10.2. The lowest BCUT2D eigenvalue weighted by Crippen LogP contribution is -1.88. The van der Waals surface area contributed by atoms with Gasteiger partial charge in [0.05, 0.1) is 17.6 Å². The van der Waals surface area contributed by atoms with Gasteiger partial charge in [-0.15, -0.1) is 0 Å². The molecule has 1 aromatic heterocycles. The molecule has 0 fully saturated rings. The van der Waals surface area contributed by atoms with E-state index in [-0.39, 0.29) is 5.69 Å². The molecule has 1 heterocycles. The number of fused-ring (bicyclic) bond motifs is 1. The van der Waals surface area contributed by atoms with Crippen molar-refractivity contribution in [3.63, 3.8) is 0 Å². The van der Waals surface area contributed by atoms with Crippen molar-refractivity contribution in [2.24, 2.45) is 0 Å². The number of nitrogens with zero attached hydrogens (tertiary/aromatic N) is 2. The summed E-state index contributed by atoms with van der Waals surface area (Å²) in [4.78, 5) is 14.8. The fraction of sp³-hybridized carbons (Fsp3) is 0.133. The SMILES string of the molecule is COc1ccccc1-c1nc2cc([N+](=O)[O-])cc(C)c2o1. The Balaban J connectivity index is 2.21. The molecule has 0 spiro atoms. The first kappa shape index (κ1) is 13.1. The van der Waals surface area contributed by atoms with E-state index in [1.807, 2.05) is 18.2 Å². The number of hydrogen-bond donors (Lipinski definition) is 0. The van der Waals surface area contributed by atoms with E-state index < -0.39 is 4.92 Å². The normalized spacial score (nSPS) is 10.8. The van der Waals surface area contributed by atoms with Gasteiger partial charge in [-0.3, -0.25) is 10.1 Å². The zero-order valence-corrected chi connectivity index (χ0v) is 11.5. The topological polar surface area (TPSA) is 78.4 Å². The predicted octanol–water partition coefficient (Wildman–Crippen LogP) is 3.72. The van der Waals surface area contributed by atoms with Crippen molar-refractivity contribution in [3.05, 3.63) is 52.1 Å². The number of nitro groups is 1. The summed E-state index contributed by atoms with van der Waals surface area (Å²) in [5.41, 5.74) is 2.38. The van der Waals surface area contributed by atoms with E-state index in [1.54, 1.807) is 20.1 Å². The summed E-state index contributed by atoms with van der Waals surface area (Å²) in [5.74, 6) is 1.02. The van der Waals surface area contributed by atoms with Gasteiger partial charge < -0.3 is 9.15 Å². The molecule has 3 aromatic rings. The van der Waals surface area contributed by atoms with Crippen LogP contribution in [0.4, 0.5) is 5.69 Å². The Morgan fingerprint density at radius 3 is 2.76 bits per heavy atom. The van der Waals surface area contributed by atoms with Crippen LogP contribution >= 0.6 is 0 Å². The Hall–Kier alpha value is -2.89. The third-order valence-corrected chi connectivity index (χ3v) is 3.21. The van der Waals surface area contributed by atoms with Gasteiger partial charge >= 0.3 is 0 Å². The summed E-state index contributed by atoms with van der Waals surface area (Å²) < 4.78 is 11.0. The summed E-state index contributed by atoms with van der Waals surface area (Å²) >= 11 is 0. The molecule has 0 N–H and O–H groups in total. The van der Waals surface area contributed by atoms with Gasteiger partial charge in [0.1, 0.15) is 11.3 Å². The van der Waals surface area contributed by atoms with Crippen molar-refractivity contribution in [2.75, 3.05) is 7.11 Å². The van der Waals surface area contributed by atoms with Crippen LogP contribution in [-0.4, -0.2) is 17.0 Å². The Bertz CT molecular complexity index is 839. The Morgan fingerprint density at radius 1 is 1.29 bits per heavy atom. The second-order valence-corrected chi connectivity index (χ2v) is 4.59. The molecule has 0 aliphatic heterocycles. The average molecular weight is 284 g/mol. The molecule has 2 aromatic carbocycles. The molecule has 3 rings (SSSR count). The monoisotopic (exact) mass is 284 g/mol. The van der Waals surface area contributed by atoms with E-state index >= 15 is 0 Å². The van der Waals surface area contributed by atoms with Crippen molar-refractivity contribution < 1.29 is 14.1 Å². The number of ether oxygens (including phenoxy) is 1. The number of rotatable bonds is 3. The number of oxazole rings is 1. The van der Waals surface area contributed by atoms with Crippen LogP contribution in [0.15, 0.2) is 40.8 Å². The number of nitro benzene ring substituents is 1. The van der Waals surface area contributed by atoms with Crippen LogP contribution in [0.1, 0.15) is 5.56 Å². The largest absolute Gasteiger partial charge is 0.496 e. The van der Waals surface area contributed by atoms with Gasteiger partial charge in [0, 0.05) is 17.7 Å². The Kier molecular flexibility index (Phi) is 3.06. The van der Waals surface area contributed by atoms with Crippen molar-refractivity contribution >= 4 is 16.8 Å². The molecule has 0 saturated heterocycles. The number of hydrogen-bond acceptors (Lipinski definition) is 5. The van der Waals surface area contributed by atoms with Crippen molar-refractivity contribution in [1.29, 1.82) is 0 Å². The zero-order valence-electron chi connectivity index (χ0n) is 11.5. The van der Waals surface area contributed by atoms with Gasteiger partial charge in [-0.25, -0.2) is 4.98 Å². The summed E-state index contributed by atoms with van der Waals surface area (Å²) in [6.45, 7) is 1.76. The minimum Gasteiger partial charge on any atom is -0.496 e. The fourth-order valence-corrected chi connectivity index (χ4v) is 2.22. The lowest BCUT2D eigenvalue weighted by atomic mass is 10.2. The quantitative estimate of drug-likeness (QED) is 0.541. The highest BCUT2D eigenvalue weighted by molar-refractivity contribution is 5.82. The molecule has 106 valence electrons. The van der Waals surface area contributed by atoms with Crippen LogP contribution in [0.3, 0.4) is 0 Å². The standard InChI is InChI=1S/C15H12N2O4/c1-9-7-10(17(18)19)8-12-14(9)21-15(16-12)11-5-3-4-6-13(11)20-2/h3-8H,1-2H3. The van der Waals surface area contributed by atoms with Crippen LogP contribution in [-0.2, 0) is 0 Å². The first-order valence-corrected chi connectivity index (χ1v) is 6.29. The number of para-hydroxylation sites is 1. The number of aryl methyl sites for hydroxylation is 1. The third-order valence-electron chi connectivity index (χ3n) is 3.21. The first-order valence-electron chi connectivity index (χ1n) is 6.29. The van der Waals surface area contributed by atoms with Crippen molar-refractivity contribution in [2.45, 2.75) is 6.92 Å². The molecule has 0 aliphatic carbocycles. The summed E-state index contributed by atoms with van der Waals surface area (Å²) in [5, 5.41) is 10.9. The number of aromatic nitrogens is 1. The Morgan fingerprint density at radius 2 is 2.05 bits per heavy atom. The third kappa shape index (κ3) is 2.20. The first-order chi connectivity index (χ1) is 10.1. The second kappa shape index (κ2) is 4.90. The van der Waals surface area contributed by atoms with Crippen LogP contribution in [0.2, 0.25) is 0 Å². The van der Waals surface area contributed by atoms with Crippen LogP contribution in [0.5, 0.6) is 5.75 Å². The predicted molar refractivity (Wildman–Crippen MR) is 77.4 cm³/mol. The van der Waals surface area contributed by atoms with Gasteiger partial charge in [-0.05, 0) is 19.1 Å². The van der Waals surface area contributed by atoms with Gasteiger partial charge in [0.2, 0.25) is 5.89 Å². The molecule has 0 aliphatic rings. The molecule has 6 nitrogen and oxygen atoms in total. The lowest BCUT2D eigenvalue weighted by Gasteiger charge is -2.03. The highest BCUT2D eigenvalue weighted by Crippen LogP contribution is 2.33. The molecule has 0 amide bonds.